The first-order valence-corrected chi connectivity index (χ1v) is 8.31. The van der Waals surface area contributed by atoms with Crippen molar-refractivity contribution in [2.24, 2.45) is 0 Å². The summed E-state index contributed by atoms with van der Waals surface area (Å²) in [5.74, 6) is -0.557. The molecule has 1 aliphatic carbocycles. The number of piperidine rings is 1. The van der Waals surface area contributed by atoms with E-state index in [0.29, 0.717) is 6.42 Å². The minimum Gasteiger partial charge on any atom is -0.299 e. The SMILES string of the molecule is Cc1ccc2c(c1)C1(CCCC1)C(=O)N2C1CCC(=O)NC1=O. The first-order chi connectivity index (χ1) is 11.0. The summed E-state index contributed by atoms with van der Waals surface area (Å²) in [5.41, 5.74) is 2.61. The number of nitrogens with one attached hydrogen (secondary N) is 1. The molecular formula is C18H20N2O3. The average molecular weight is 312 g/mol. The van der Waals surface area contributed by atoms with Gasteiger partial charge in [-0.05, 0) is 37.8 Å². The number of rotatable bonds is 1. The third-order valence-corrected chi connectivity index (χ3v) is 5.53. The molecule has 4 rings (SSSR count). The lowest BCUT2D eigenvalue weighted by molar-refractivity contribution is -0.136. The Morgan fingerprint density at radius 3 is 2.61 bits per heavy atom. The van der Waals surface area contributed by atoms with Gasteiger partial charge < -0.3 is 0 Å². The van der Waals surface area contributed by atoms with Crippen molar-refractivity contribution in [3.05, 3.63) is 29.3 Å². The second-order valence-corrected chi connectivity index (χ2v) is 6.95. The van der Waals surface area contributed by atoms with Crippen LogP contribution in [0.15, 0.2) is 18.2 Å². The number of benzene rings is 1. The number of hydrogen-bond donors (Lipinski definition) is 1. The Morgan fingerprint density at radius 2 is 1.91 bits per heavy atom. The van der Waals surface area contributed by atoms with E-state index >= 15 is 0 Å². The molecule has 1 unspecified atom stereocenters. The highest BCUT2D eigenvalue weighted by atomic mass is 16.2. The molecule has 3 amide bonds. The van der Waals surface area contributed by atoms with Crippen molar-refractivity contribution in [3.8, 4) is 0 Å². The predicted octanol–water partition coefficient (Wildman–Crippen LogP) is 1.96. The Hall–Kier alpha value is -2.17. The molecule has 1 aromatic rings. The van der Waals surface area contributed by atoms with Gasteiger partial charge in [0, 0.05) is 12.1 Å². The van der Waals surface area contributed by atoms with Gasteiger partial charge in [0.15, 0.2) is 0 Å². The van der Waals surface area contributed by atoms with Crippen molar-refractivity contribution in [3.63, 3.8) is 0 Å². The van der Waals surface area contributed by atoms with Crippen LogP contribution in [0.1, 0.15) is 49.7 Å². The standard InChI is InChI=1S/C18H20N2O3/c1-11-4-5-13-12(10-11)18(8-2-3-9-18)17(23)20(13)14-6-7-15(21)19-16(14)22/h4-5,10,14H,2-3,6-9H2,1H3,(H,19,21,22). The fourth-order valence-electron chi connectivity index (χ4n) is 4.40. The third-order valence-electron chi connectivity index (χ3n) is 5.53. The highest BCUT2D eigenvalue weighted by Gasteiger charge is 2.54. The summed E-state index contributed by atoms with van der Waals surface area (Å²) in [6, 6.07) is 5.48. The van der Waals surface area contributed by atoms with E-state index in [1.165, 1.54) is 0 Å². The van der Waals surface area contributed by atoms with Crippen LogP contribution in [0, 0.1) is 6.92 Å². The van der Waals surface area contributed by atoms with Gasteiger partial charge in [-0.1, -0.05) is 30.5 Å². The molecule has 1 aromatic carbocycles. The molecule has 1 spiro atoms. The summed E-state index contributed by atoms with van der Waals surface area (Å²) in [4.78, 5) is 38.7. The second kappa shape index (κ2) is 4.91. The van der Waals surface area contributed by atoms with Crippen molar-refractivity contribution in [2.75, 3.05) is 4.90 Å². The molecule has 0 aromatic heterocycles. The molecule has 5 nitrogen and oxygen atoms in total. The Kier molecular flexibility index (Phi) is 3.08. The van der Waals surface area contributed by atoms with Gasteiger partial charge in [0.05, 0.1) is 5.41 Å². The molecule has 5 heteroatoms. The molecule has 2 fully saturated rings. The summed E-state index contributed by atoms with van der Waals surface area (Å²) in [6.07, 6.45) is 4.48. The molecule has 1 N–H and O–H groups in total. The highest BCUT2D eigenvalue weighted by Crippen LogP contribution is 2.52. The molecule has 0 bridgehead atoms. The number of carbonyl (C=O) groups is 3. The fraction of sp³-hybridized carbons (Fsp3) is 0.500. The second-order valence-electron chi connectivity index (χ2n) is 6.95. The largest absolute Gasteiger partial charge is 0.299 e. The normalized spacial score (nSPS) is 25.9. The molecule has 120 valence electrons. The van der Waals surface area contributed by atoms with Crippen LogP contribution in [0.4, 0.5) is 5.69 Å². The van der Waals surface area contributed by atoms with Crippen molar-refractivity contribution in [1.29, 1.82) is 0 Å². The zero-order valence-electron chi connectivity index (χ0n) is 13.2. The summed E-state index contributed by atoms with van der Waals surface area (Å²) in [5, 5.41) is 2.38. The first-order valence-electron chi connectivity index (χ1n) is 8.31. The van der Waals surface area contributed by atoms with E-state index in [4.69, 9.17) is 0 Å². The lowest BCUT2D eigenvalue weighted by Crippen LogP contribution is -2.55. The van der Waals surface area contributed by atoms with Crippen LogP contribution in [-0.2, 0) is 19.8 Å². The van der Waals surface area contributed by atoms with Crippen LogP contribution >= 0.6 is 0 Å². The topological polar surface area (TPSA) is 66.5 Å². The van der Waals surface area contributed by atoms with Gasteiger partial charge >= 0.3 is 0 Å². The van der Waals surface area contributed by atoms with Gasteiger partial charge in [-0.25, -0.2) is 0 Å². The minimum absolute atomic E-state index is 0.0464. The molecule has 1 saturated carbocycles. The molecule has 2 aliphatic heterocycles. The number of amides is 3. The van der Waals surface area contributed by atoms with Crippen LogP contribution in [0.5, 0.6) is 0 Å². The number of hydrogen-bond acceptors (Lipinski definition) is 3. The number of carbonyl (C=O) groups excluding carboxylic acids is 3. The molecule has 3 aliphatic rings. The van der Waals surface area contributed by atoms with E-state index in [0.717, 1.165) is 42.5 Å². The molecule has 0 radical (unpaired) electrons. The molecule has 1 atom stereocenters. The zero-order valence-corrected chi connectivity index (χ0v) is 13.2. The van der Waals surface area contributed by atoms with E-state index < -0.39 is 11.5 Å². The van der Waals surface area contributed by atoms with Gasteiger partial charge in [-0.15, -0.1) is 0 Å². The quantitative estimate of drug-likeness (QED) is 0.806. The Labute approximate surface area is 135 Å². The summed E-state index contributed by atoms with van der Waals surface area (Å²) >= 11 is 0. The Balaban J connectivity index is 1.81. The van der Waals surface area contributed by atoms with E-state index in [2.05, 4.69) is 11.4 Å². The average Bonchev–Trinajstić information content (AvgIpc) is 3.08. The zero-order chi connectivity index (χ0) is 16.2. The number of nitrogens with zero attached hydrogens (tertiary/aromatic N) is 1. The monoisotopic (exact) mass is 312 g/mol. The summed E-state index contributed by atoms with van der Waals surface area (Å²) in [7, 11) is 0. The van der Waals surface area contributed by atoms with E-state index in [1.54, 1.807) is 4.90 Å². The maximum Gasteiger partial charge on any atom is 0.249 e. The van der Waals surface area contributed by atoms with Crippen molar-refractivity contribution < 1.29 is 14.4 Å². The highest BCUT2D eigenvalue weighted by molar-refractivity contribution is 6.14. The summed E-state index contributed by atoms with van der Waals surface area (Å²) < 4.78 is 0. The van der Waals surface area contributed by atoms with E-state index in [9.17, 15) is 14.4 Å². The molecule has 1 saturated heterocycles. The van der Waals surface area contributed by atoms with Gasteiger partial charge in [0.25, 0.3) is 0 Å². The van der Waals surface area contributed by atoms with Crippen molar-refractivity contribution >= 4 is 23.4 Å². The van der Waals surface area contributed by atoms with Gasteiger partial charge in [0.1, 0.15) is 6.04 Å². The summed E-state index contributed by atoms with van der Waals surface area (Å²) in [6.45, 7) is 2.03. The maximum atomic E-state index is 13.3. The smallest absolute Gasteiger partial charge is 0.249 e. The molecule has 23 heavy (non-hydrogen) atoms. The number of aryl methyl sites for hydroxylation is 1. The fourth-order valence-corrected chi connectivity index (χ4v) is 4.40. The van der Waals surface area contributed by atoms with E-state index in [-0.39, 0.29) is 24.1 Å². The van der Waals surface area contributed by atoms with Crippen LogP contribution < -0.4 is 10.2 Å². The first kappa shape index (κ1) is 14.4. The van der Waals surface area contributed by atoms with Crippen molar-refractivity contribution in [2.45, 2.75) is 56.9 Å². The third kappa shape index (κ3) is 1.95. The van der Waals surface area contributed by atoms with Gasteiger partial charge in [-0.3, -0.25) is 24.6 Å². The van der Waals surface area contributed by atoms with Crippen LogP contribution in [-0.4, -0.2) is 23.8 Å². The lowest BCUT2D eigenvalue weighted by atomic mass is 9.79. The van der Waals surface area contributed by atoms with Crippen LogP contribution in [0.3, 0.4) is 0 Å². The van der Waals surface area contributed by atoms with Crippen molar-refractivity contribution in [1.82, 2.24) is 5.32 Å². The number of anilines is 1. The predicted molar refractivity (Wildman–Crippen MR) is 85.0 cm³/mol. The number of imide groups is 1. The van der Waals surface area contributed by atoms with Crippen LogP contribution in [0.2, 0.25) is 0 Å². The van der Waals surface area contributed by atoms with E-state index in [1.807, 2.05) is 19.1 Å². The minimum atomic E-state index is -0.568. The molecular weight excluding hydrogens is 292 g/mol. The number of fused-ring (bicyclic) bond motifs is 2. The van der Waals surface area contributed by atoms with Crippen LogP contribution in [0.25, 0.3) is 0 Å². The lowest BCUT2D eigenvalue weighted by Gasteiger charge is -2.31. The Morgan fingerprint density at radius 1 is 1.17 bits per heavy atom. The van der Waals surface area contributed by atoms with Gasteiger partial charge in [0.2, 0.25) is 17.7 Å². The molecule has 2 heterocycles. The van der Waals surface area contributed by atoms with Gasteiger partial charge in [-0.2, -0.15) is 0 Å². The Bertz CT molecular complexity index is 719. The maximum absolute atomic E-state index is 13.3.